The number of nitrogens with zero attached hydrogens (tertiary/aromatic N) is 3. The van der Waals surface area contributed by atoms with Crippen molar-refractivity contribution in [1.29, 1.82) is 0 Å². The maximum absolute atomic E-state index is 12.7. The molecule has 0 aliphatic heterocycles. The van der Waals surface area contributed by atoms with E-state index in [4.69, 9.17) is 4.74 Å². The van der Waals surface area contributed by atoms with Crippen LogP contribution < -0.4 is 5.56 Å². The summed E-state index contributed by atoms with van der Waals surface area (Å²) in [6, 6.07) is 11.5. The Morgan fingerprint density at radius 2 is 1.96 bits per heavy atom. The van der Waals surface area contributed by atoms with Crippen molar-refractivity contribution in [2.75, 3.05) is 14.1 Å². The van der Waals surface area contributed by atoms with E-state index in [2.05, 4.69) is 4.98 Å². The number of thiophene rings is 1. The van der Waals surface area contributed by atoms with Crippen LogP contribution in [0.2, 0.25) is 0 Å². The molecule has 140 valence electrons. The molecule has 0 unspecified atom stereocenters. The lowest BCUT2D eigenvalue weighted by Crippen LogP contribution is -2.36. The number of benzene rings is 1. The summed E-state index contributed by atoms with van der Waals surface area (Å²) >= 11 is 1.42. The number of likely N-dealkylation sites (N-methyl/N-ethyl adjacent to an activating group) is 1. The molecule has 0 fully saturated rings. The van der Waals surface area contributed by atoms with Gasteiger partial charge in [0.15, 0.2) is 6.10 Å². The Labute approximate surface area is 159 Å². The van der Waals surface area contributed by atoms with E-state index in [1.807, 2.05) is 30.3 Å². The molecular formula is C19H19N3O4S. The quantitative estimate of drug-likeness (QED) is 0.629. The fourth-order valence-corrected chi connectivity index (χ4v) is 3.60. The average Bonchev–Trinajstić information content (AvgIpc) is 3.09. The molecule has 27 heavy (non-hydrogen) atoms. The second-order valence-electron chi connectivity index (χ2n) is 6.24. The molecule has 7 nitrogen and oxygen atoms in total. The van der Waals surface area contributed by atoms with Crippen LogP contribution in [0.5, 0.6) is 0 Å². The van der Waals surface area contributed by atoms with Gasteiger partial charge in [-0.1, -0.05) is 30.3 Å². The van der Waals surface area contributed by atoms with E-state index in [0.29, 0.717) is 10.2 Å². The Balaban J connectivity index is 1.82. The first-order chi connectivity index (χ1) is 12.9. The predicted octanol–water partition coefficient (Wildman–Crippen LogP) is 2.14. The van der Waals surface area contributed by atoms with Gasteiger partial charge in [0.2, 0.25) is 0 Å². The number of rotatable bonds is 5. The van der Waals surface area contributed by atoms with Gasteiger partial charge in [0.25, 0.3) is 11.5 Å². The lowest BCUT2D eigenvalue weighted by Gasteiger charge is -2.17. The van der Waals surface area contributed by atoms with E-state index in [9.17, 15) is 14.4 Å². The summed E-state index contributed by atoms with van der Waals surface area (Å²) < 4.78 is 6.30. The second-order valence-corrected chi connectivity index (χ2v) is 7.27. The summed E-state index contributed by atoms with van der Waals surface area (Å²) in [6.45, 7) is 1.19. The minimum atomic E-state index is -0.911. The summed E-state index contributed by atoms with van der Waals surface area (Å²) in [7, 11) is 3.16. The van der Waals surface area contributed by atoms with Crippen LogP contribution in [0.25, 0.3) is 20.7 Å². The number of carbonyl (C=O) groups excluding carboxylic acids is 2. The molecule has 0 aliphatic rings. The number of hydrogen-bond acceptors (Lipinski definition) is 6. The number of aromatic nitrogens is 2. The summed E-state index contributed by atoms with van der Waals surface area (Å²) in [4.78, 5) is 43.7. The number of carbonyl (C=O) groups is 2. The van der Waals surface area contributed by atoms with Crippen molar-refractivity contribution in [3.8, 4) is 10.4 Å². The van der Waals surface area contributed by atoms with Gasteiger partial charge in [-0.3, -0.25) is 19.0 Å². The molecule has 0 saturated carbocycles. The van der Waals surface area contributed by atoms with Gasteiger partial charge >= 0.3 is 5.97 Å². The van der Waals surface area contributed by atoms with Crippen molar-refractivity contribution in [1.82, 2.24) is 14.5 Å². The van der Waals surface area contributed by atoms with Crippen molar-refractivity contribution in [2.45, 2.75) is 19.6 Å². The molecule has 3 rings (SSSR count). The molecule has 1 amide bonds. The molecular weight excluding hydrogens is 366 g/mol. The largest absolute Gasteiger partial charge is 0.451 e. The molecule has 1 atom stereocenters. The van der Waals surface area contributed by atoms with Gasteiger partial charge in [0.05, 0.1) is 11.7 Å². The lowest BCUT2D eigenvalue weighted by molar-refractivity contribution is -0.158. The standard InChI is InChI=1S/C19H19N3O4S/c1-12(18(24)21(2)3)26-16(23)10-22-11-20-17-14(19(22)25)9-15(27-17)13-7-5-4-6-8-13/h4-9,11-12H,10H2,1-3H3/t12-/m1/s1. The van der Waals surface area contributed by atoms with Gasteiger partial charge in [-0.05, 0) is 18.6 Å². The number of fused-ring (bicyclic) bond motifs is 1. The van der Waals surface area contributed by atoms with Crippen LogP contribution in [-0.2, 0) is 20.9 Å². The summed E-state index contributed by atoms with van der Waals surface area (Å²) in [5.41, 5.74) is 0.684. The van der Waals surface area contributed by atoms with Crippen LogP contribution in [0.3, 0.4) is 0 Å². The molecule has 2 aromatic heterocycles. The third-order valence-electron chi connectivity index (χ3n) is 3.97. The molecule has 0 aliphatic carbocycles. The van der Waals surface area contributed by atoms with Crippen molar-refractivity contribution >= 4 is 33.4 Å². The van der Waals surface area contributed by atoms with Crippen molar-refractivity contribution in [3.63, 3.8) is 0 Å². The Bertz CT molecular complexity index is 1040. The van der Waals surface area contributed by atoms with Gasteiger partial charge in [-0.15, -0.1) is 11.3 Å². The molecule has 0 saturated heterocycles. The fourth-order valence-electron chi connectivity index (χ4n) is 2.60. The third-order valence-corrected chi connectivity index (χ3v) is 5.06. The van der Waals surface area contributed by atoms with E-state index in [0.717, 1.165) is 10.4 Å². The third kappa shape index (κ3) is 4.06. The van der Waals surface area contributed by atoms with Gasteiger partial charge in [0, 0.05) is 19.0 Å². The highest BCUT2D eigenvalue weighted by atomic mass is 32.1. The highest BCUT2D eigenvalue weighted by molar-refractivity contribution is 7.21. The topological polar surface area (TPSA) is 81.5 Å². The predicted molar refractivity (Wildman–Crippen MR) is 104 cm³/mol. The Morgan fingerprint density at radius 3 is 2.63 bits per heavy atom. The number of hydrogen-bond donors (Lipinski definition) is 0. The first-order valence-electron chi connectivity index (χ1n) is 8.32. The van der Waals surface area contributed by atoms with Gasteiger partial charge in [-0.2, -0.15) is 0 Å². The number of ether oxygens (including phenoxy) is 1. The van der Waals surface area contributed by atoms with Crippen LogP contribution in [0.4, 0.5) is 0 Å². The summed E-state index contributed by atoms with van der Waals surface area (Å²) in [5.74, 6) is -0.992. The Hall–Kier alpha value is -3.00. The molecule has 2 heterocycles. The Morgan fingerprint density at radius 1 is 1.26 bits per heavy atom. The SMILES string of the molecule is C[C@@H](OC(=O)Cn1cnc2sc(-c3ccccc3)cc2c1=O)C(=O)N(C)C. The lowest BCUT2D eigenvalue weighted by atomic mass is 10.2. The van der Waals surface area contributed by atoms with Crippen molar-refractivity contribution in [3.05, 3.63) is 53.1 Å². The second kappa shape index (κ2) is 7.71. The van der Waals surface area contributed by atoms with Gasteiger partial charge in [0.1, 0.15) is 11.4 Å². The fraction of sp³-hybridized carbons (Fsp3) is 0.263. The van der Waals surface area contributed by atoms with Crippen LogP contribution >= 0.6 is 11.3 Å². The normalized spacial score (nSPS) is 12.0. The minimum Gasteiger partial charge on any atom is -0.451 e. The molecule has 0 N–H and O–H groups in total. The highest BCUT2D eigenvalue weighted by Crippen LogP contribution is 2.30. The molecule has 0 radical (unpaired) electrons. The maximum Gasteiger partial charge on any atom is 0.326 e. The number of amides is 1. The van der Waals surface area contributed by atoms with Crippen LogP contribution in [0.15, 0.2) is 47.5 Å². The number of esters is 1. The summed E-state index contributed by atoms with van der Waals surface area (Å²) in [6.07, 6.45) is 0.418. The maximum atomic E-state index is 12.7. The van der Waals surface area contributed by atoms with Crippen LogP contribution in [-0.4, -0.2) is 46.5 Å². The molecule has 0 bridgehead atoms. The van der Waals surface area contributed by atoms with Gasteiger partial charge in [-0.25, -0.2) is 4.98 Å². The van der Waals surface area contributed by atoms with E-state index in [-0.39, 0.29) is 18.0 Å². The first-order valence-corrected chi connectivity index (χ1v) is 9.13. The van der Waals surface area contributed by atoms with Crippen molar-refractivity contribution in [2.24, 2.45) is 0 Å². The van der Waals surface area contributed by atoms with E-state index >= 15 is 0 Å². The molecule has 8 heteroatoms. The molecule has 3 aromatic rings. The van der Waals surface area contributed by atoms with Gasteiger partial charge < -0.3 is 9.64 Å². The van der Waals surface area contributed by atoms with Crippen molar-refractivity contribution < 1.29 is 14.3 Å². The summed E-state index contributed by atoms with van der Waals surface area (Å²) in [5, 5.41) is 0.451. The smallest absolute Gasteiger partial charge is 0.326 e. The zero-order valence-corrected chi connectivity index (χ0v) is 16.0. The van der Waals surface area contributed by atoms with Crippen LogP contribution in [0, 0.1) is 0 Å². The zero-order chi connectivity index (χ0) is 19.6. The molecule has 1 aromatic carbocycles. The van der Waals surface area contributed by atoms with E-state index in [1.54, 1.807) is 20.2 Å². The van der Waals surface area contributed by atoms with E-state index in [1.165, 1.54) is 34.1 Å². The molecule has 0 spiro atoms. The monoisotopic (exact) mass is 385 g/mol. The van der Waals surface area contributed by atoms with Crippen LogP contribution in [0.1, 0.15) is 6.92 Å². The first kappa shape index (κ1) is 18.8. The Kier molecular flexibility index (Phi) is 5.36. The minimum absolute atomic E-state index is 0.302. The zero-order valence-electron chi connectivity index (χ0n) is 15.2. The van der Waals surface area contributed by atoms with E-state index < -0.39 is 12.1 Å². The average molecular weight is 385 g/mol. The highest BCUT2D eigenvalue weighted by Gasteiger charge is 2.20.